The zero-order valence-electron chi connectivity index (χ0n) is 8.77. The lowest BCUT2D eigenvalue weighted by atomic mass is 10.0. The third-order valence-corrected chi connectivity index (χ3v) is 2.82. The molecular formula is C10H15F3N2. The smallest absolute Gasteiger partial charge is 0.295 e. The van der Waals surface area contributed by atoms with Crippen LogP contribution in [0.4, 0.5) is 13.2 Å². The van der Waals surface area contributed by atoms with Crippen LogP contribution in [0.15, 0.2) is 0 Å². The maximum atomic E-state index is 12.2. The third kappa shape index (κ3) is 4.08. The molecule has 2 nitrogen and oxygen atoms in total. The summed E-state index contributed by atoms with van der Waals surface area (Å²) in [6.07, 6.45) is -2.00. The van der Waals surface area contributed by atoms with E-state index in [0.29, 0.717) is 19.5 Å². The van der Waals surface area contributed by atoms with E-state index in [9.17, 15) is 13.2 Å². The van der Waals surface area contributed by atoms with Gasteiger partial charge in [0.05, 0.1) is 12.6 Å². The van der Waals surface area contributed by atoms with Crippen molar-refractivity contribution in [2.75, 3.05) is 19.6 Å². The van der Waals surface area contributed by atoms with Gasteiger partial charge in [-0.1, -0.05) is 6.92 Å². The quantitative estimate of drug-likeness (QED) is 0.712. The van der Waals surface area contributed by atoms with Crippen molar-refractivity contribution in [3.05, 3.63) is 0 Å². The second-order valence-electron chi connectivity index (χ2n) is 4.25. The molecule has 0 N–H and O–H groups in total. The standard InChI is InChI=1S/C10H15F3N2/c1-2-15(8-10(11,12)13)7-9(3-4-9)5-6-14/h2-5,7-8H2,1H3. The summed E-state index contributed by atoms with van der Waals surface area (Å²) in [6.45, 7) is 1.63. The van der Waals surface area contributed by atoms with E-state index in [0.717, 1.165) is 12.8 Å². The highest BCUT2D eigenvalue weighted by molar-refractivity contribution is 5.01. The van der Waals surface area contributed by atoms with Crippen LogP contribution in [-0.2, 0) is 0 Å². The fourth-order valence-corrected chi connectivity index (χ4v) is 1.74. The molecule has 0 bridgehead atoms. The molecule has 0 aromatic carbocycles. The summed E-state index contributed by atoms with van der Waals surface area (Å²) in [5.74, 6) is 0. The van der Waals surface area contributed by atoms with Crippen molar-refractivity contribution < 1.29 is 13.2 Å². The molecule has 1 aliphatic carbocycles. The maximum absolute atomic E-state index is 12.2. The number of nitriles is 1. The van der Waals surface area contributed by atoms with E-state index in [1.54, 1.807) is 6.92 Å². The van der Waals surface area contributed by atoms with Crippen molar-refractivity contribution in [1.29, 1.82) is 5.26 Å². The minimum absolute atomic E-state index is 0.143. The van der Waals surface area contributed by atoms with E-state index in [4.69, 9.17) is 5.26 Å². The van der Waals surface area contributed by atoms with Crippen LogP contribution < -0.4 is 0 Å². The lowest BCUT2D eigenvalue weighted by Gasteiger charge is -2.25. The molecule has 0 spiro atoms. The van der Waals surface area contributed by atoms with E-state index < -0.39 is 12.7 Å². The first-order chi connectivity index (χ1) is 6.91. The molecular weight excluding hydrogens is 205 g/mol. The number of hydrogen-bond donors (Lipinski definition) is 0. The zero-order chi connectivity index (χ0) is 11.5. The van der Waals surface area contributed by atoms with Gasteiger partial charge < -0.3 is 0 Å². The SMILES string of the molecule is CCN(CC(F)(F)F)CC1(CC#N)CC1. The predicted octanol–water partition coefficient (Wildman–Crippen LogP) is 2.56. The molecule has 0 aromatic heterocycles. The van der Waals surface area contributed by atoms with E-state index in [2.05, 4.69) is 6.07 Å². The monoisotopic (exact) mass is 220 g/mol. The molecule has 1 saturated carbocycles. The Kier molecular flexibility index (Phi) is 3.61. The van der Waals surface area contributed by atoms with Gasteiger partial charge in [0, 0.05) is 13.0 Å². The summed E-state index contributed by atoms with van der Waals surface area (Å²) in [5, 5.41) is 8.57. The average molecular weight is 220 g/mol. The molecule has 15 heavy (non-hydrogen) atoms. The highest BCUT2D eigenvalue weighted by Gasteiger charge is 2.44. The average Bonchev–Trinajstić information content (AvgIpc) is 2.82. The van der Waals surface area contributed by atoms with Crippen LogP contribution >= 0.6 is 0 Å². The summed E-state index contributed by atoms with van der Waals surface area (Å²) in [7, 11) is 0. The van der Waals surface area contributed by atoms with E-state index in [1.807, 2.05) is 0 Å². The summed E-state index contributed by atoms with van der Waals surface area (Å²) < 4.78 is 36.5. The predicted molar refractivity (Wildman–Crippen MR) is 50.1 cm³/mol. The molecule has 1 rings (SSSR count). The summed E-state index contributed by atoms with van der Waals surface area (Å²) in [6, 6.07) is 2.05. The maximum Gasteiger partial charge on any atom is 0.401 e. The van der Waals surface area contributed by atoms with Gasteiger partial charge in [0.2, 0.25) is 0 Å². The highest BCUT2D eigenvalue weighted by atomic mass is 19.4. The van der Waals surface area contributed by atoms with Crippen molar-refractivity contribution >= 4 is 0 Å². The molecule has 0 saturated heterocycles. The minimum atomic E-state index is -4.14. The van der Waals surface area contributed by atoms with Crippen LogP contribution in [0.2, 0.25) is 0 Å². The Balaban J connectivity index is 2.44. The van der Waals surface area contributed by atoms with Crippen LogP contribution in [0, 0.1) is 16.7 Å². The normalized spacial score (nSPS) is 18.9. The Labute approximate surface area is 87.7 Å². The molecule has 0 unspecified atom stereocenters. The lowest BCUT2D eigenvalue weighted by molar-refractivity contribution is -0.147. The Hall–Kier alpha value is -0.760. The number of halogens is 3. The van der Waals surface area contributed by atoms with Crippen LogP contribution in [0.1, 0.15) is 26.2 Å². The van der Waals surface area contributed by atoms with Gasteiger partial charge in [0.1, 0.15) is 0 Å². The number of alkyl halides is 3. The van der Waals surface area contributed by atoms with Crippen molar-refractivity contribution in [3.8, 4) is 6.07 Å². The Bertz CT molecular complexity index is 250. The topological polar surface area (TPSA) is 27.0 Å². The van der Waals surface area contributed by atoms with Crippen molar-refractivity contribution in [2.24, 2.45) is 5.41 Å². The Morgan fingerprint density at radius 1 is 1.40 bits per heavy atom. The molecule has 0 radical (unpaired) electrons. The zero-order valence-corrected chi connectivity index (χ0v) is 8.77. The van der Waals surface area contributed by atoms with Crippen molar-refractivity contribution in [1.82, 2.24) is 4.90 Å². The molecule has 0 aliphatic heterocycles. The van der Waals surface area contributed by atoms with Gasteiger partial charge >= 0.3 is 6.18 Å². The van der Waals surface area contributed by atoms with Gasteiger partial charge in [-0.15, -0.1) is 0 Å². The largest absolute Gasteiger partial charge is 0.401 e. The van der Waals surface area contributed by atoms with Gasteiger partial charge in [-0.05, 0) is 24.8 Å². The first kappa shape index (κ1) is 12.3. The highest BCUT2D eigenvalue weighted by Crippen LogP contribution is 2.49. The third-order valence-electron chi connectivity index (χ3n) is 2.82. The van der Waals surface area contributed by atoms with E-state index >= 15 is 0 Å². The fraction of sp³-hybridized carbons (Fsp3) is 0.900. The summed E-state index contributed by atoms with van der Waals surface area (Å²) >= 11 is 0. The fourth-order valence-electron chi connectivity index (χ4n) is 1.74. The van der Waals surface area contributed by atoms with Crippen LogP contribution in [0.25, 0.3) is 0 Å². The lowest BCUT2D eigenvalue weighted by Crippen LogP contribution is -2.38. The second kappa shape index (κ2) is 4.40. The van der Waals surface area contributed by atoms with Gasteiger partial charge in [0.25, 0.3) is 0 Å². The number of nitrogens with zero attached hydrogens (tertiary/aromatic N) is 2. The van der Waals surface area contributed by atoms with Gasteiger partial charge in [0.15, 0.2) is 0 Å². The van der Waals surface area contributed by atoms with Gasteiger partial charge in [-0.2, -0.15) is 18.4 Å². The second-order valence-corrected chi connectivity index (χ2v) is 4.25. The molecule has 1 fully saturated rings. The minimum Gasteiger partial charge on any atom is -0.295 e. The first-order valence-corrected chi connectivity index (χ1v) is 5.07. The number of rotatable bonds is 5. The molecule has 5 heteroatoms. The first-order valence-electron chi connectivity index (χ1n) is 5.07. The van der Waals surface area contributed by atoms with Crippen molar-refractivity contribution in [2.45, 2.75) is 32.4 Å². The molecule has 0 amide bonds. The van der Waals surface area contributed by atoms with Crippen LogP contribution in [0.5, 0.6) is 0 Å². The van der Waals surface area contributed by atoms with Crippen molar-refractivity contribution in [3.63, 3.8) is 0 Å². The van der Waals surface area contributed by atoms with Crippen LogP contribution in [-0.4, -0.2) is 30.7 Å². The number of hydrogen-bond acceptors (Lipinski definition) is 2. The van der Waals surface area contributed by atoms with Crippen LogP contribution in [0.3, 0.4) is 0 Å². The molecule has 86 valence electrons. The van der Waals surface area contributed by atoms with E-state index in [1.165, 1.54) is 4.90 Å². The van der Waals surface area contributed by atoms with E-state index in [-0.39, 0.29) is 5.41 Å². The van der Waals surface area contributed by atoms with Gasteiger partial charge in [-0.25, -0.2) is 0 Å². The molecule has 1 aliphatic rings. The molecule has 0 aromatic rings. The summed E-state index contributed by atoms with van der Waals surface area (Å²) in [4.78, 5) is 1.38. The Morgan fingerprint density at radius 3 is 2.33 bits per heavy atom. The molecule has 0 heterocycles. The Morgan fingerprint density at radius 2 is 2.00 bits per heavy atom. The summed E-state index contributed by atoms with van der Waals surface area (Å²) in [5.41, 5.74) is -0.143. The van der Waals surface area contributed by atoms with Gasteiger partial charge in [-0.3, -0.25) is 4.90 Å². The molecule has 0 atom stereocenters.